The van der Waals surface area contributed by atoms with Crippen molar-refractivity contribution in [3.63, 3.8) is 0 Å². The zero-order valence-electron chi connectivity index (χ0n) is 7.25. The SMILES string of the molecule is NC(=O)N(c1ccccc1F)C(F)(F)F. The van der Waals surface area contributed by atoms with Crippen LogP contribution in [-0.2, 0) is 0 Å². The lowest BCUT2D eigenvalue weighted by molar-refractivity contribution is -0.121. The van der Waals surface area contributed by atoms with E-state index in [0.717, 1.165) is 12.1 Å². The third-order valence-electron chi connectivity index (χ3n) is 1.57. The van der Waals surface area contributed by atoms with E-state index in [1.165, 1.54) is 12.1 Å². The normalized spacial score (nSPS) is 11.2. The fourth-order valence-corrected chi connectivity index (χ4v) is 1.01. The Morgan fingerprint density at radius 2 is 1.80 bits per heavy atom. The number of hydrogen-bond donors (Lipinski definition) is 1. The Morgan fingerprint density at radius 3 is 2.20 bits per heavy atom. The Kier molecular flexibility index (Phi) is 2.83. The van der Waals surface area contributed by atoms with Crippen LogP contribution in [0.3, 0.4) is 0 Å². The monoisotopic (exact) mass is 222 g/mol. The number of carbonyl (C=O) groups excluding carboxylic acids is 1. The lowest BCUT2D eigenvalue weighted by atomic mass is 10.3. The fourth-order valence-electron chi connectivity index (χ4n) is 1.01. The summed E-state index contributed by atoms with van der Waals surface area (Å²) in [6.07, 6.45) is -5.05. The number of amides is 2. The molecule has 0 unspecified atom stereocenters. The first-order valence-electron chi connectivity index (χ1n) is 3.75. The van der Waals surface area contributed by atoms with Crippen molar-refractivity contribution in [3.05, 3.63) is 30.1 Å². The van der Waals surface area contributed by atoms with Gasteiger partial charge in [0, 0.05) is 0 Å². The predicted octanol–water partition coefficient (Wildman–Crippen LogP) is 2.23. The van der Waals surface area contributed by atoms with E-state index >= 15 is 0 Å². The van der Waals surface area contributed by atoms with Crippen LogP contribution in [0, 0.1) is 5.82 Å². The van der Waals surface area contributed by atoms with E-state index in [9.17, 15) is 22.4 Å². The number of benzene rings is 1. The van der Waals surface area contributed by atoms with Crippen LogP contribution in [0.1, 0.15) is 0 Å². The number of halogens is 4. The molecular formula is C8H6F4N2O. The molecule has 0 heterocycles. The maximum Gasteiger partial charge on any atom is 0.493 e. The third-order valence-corrected chi connectivity index (χ3v) is 1.57. The molecule has 0 saturated carbocycles. The average Bonchev–Trinajstić information content (AvgIpc) is 2.05. The molecule has 0 aliphatic rings. The molecule has 0 aliphatic carbocycles. The molecule has 1 aromatic rings. The summed E-state index contributed by atoms with van der Waals surface area (Å²) in [4.78, 5) is 9.80. The van der Waals surface area contributed by atoms with Crippen molar-refractivity contribution in [2.75, 3.05) is 4.90 Å². The van der Waals surface area contributed by atoms with Crippen LogP contribution < -0.4 is 10.6 Å². The Labute approximate surface area is 82.1 Å². The van der Waals surface area contributed by atoms with Crippen molar-refractivity contribution in [2.45, 2.75) is 6.30 Å². The first kappa shape index (κ1) is 11.3. The highest BCUT2D eigenvalue weighted by Crippen LogP contribution is 2.29. The summed E-state index contributed by atoms with van der Waals surface area (Å²) in [5.41, 5.74) is 3.61. The number of para-hydroxylation sites is 1. The first-order chi connectivity index (χ1) is 6.84. The smallest absolute Gasteiger partial charge is 0.351 e. The van der Waals surface area contributed by atoms with Gasteiger partial charge >= 0.3 is 12.3 Å². The van der Waals surface area contributed by atoms with Crippen molar-refractivity contribution in [1.82, 2.24) is 0 Å². The number of urea groups is 1. The highest BCUT2D eigenvalue weighted by atomic mass is 19.4. The lowest BCUT2D eigenvalue weighted by Crippen LogP contribution is -2.46. The van der Waals surface area contributed by atoms with Gasteiger partial charge in [-0.1, -0.05) is 12.1 Å². The number of alkyl halides is 3. The quantitative estimate of drug-likeness (QED) is 0.574. The minimum atomic E-state index is -5.05. The van der Waals surface area contributed by atoms with Crippen LogP contribution in [0.5, 0.6) is 0 Å². The van der Waals surface area contributed by atoms with Gasteiger partial charge in [0.2, 0.25) is 0 Å². The zero-order chi connectivity index (χ0) is 11.6. The molecule has 7 heteroatoms. The second kappa shape index (κ2) is 3.76. The summed E-state index contributed by atoms with van der Waals surface area (Å²) in [5, 5.41) is 0. The van der Waals surface area contributed by atoms with Gasteiger partial charge in [0.25, 0.3) is 0 Å². The van der Waals surface area contributed by atoms with Gasteiger partial charge in [0.15, 0.2) is 0 Å². The molecule has 15 heavy (non-hydrogen) atoms. The molecule has 0 radical (unpaired) electrons. The zero-order valence-corrected chi connectivity index (χ0v) is 7.25. The van der Waals surface area contributed by atoms with Crippen LogP contribution in [0.25, 0.3) is 0 Å². The molecule has 0 spiro atoms. The van der Waals surface area contributed by atoms with Crippen LogP contribution in [0.15, 0.2) is 24.3 Å². The number of primary amides is 1. The maximum absolute atomic E-state index is 13.0. The molecule has 0 aliphatic heterocycles. The minimum absolute atomic E-state index is 0.762. The van der Waals surface area contributed by atoms with Crippen molar-refractivity contribution >= 4 is 11.7 Å². The average molecular weight is 222 g/mol. The van der Waals surface area contributed by atoms with Gasteiger partial charge < -0.3 is 5.73 Å². The van der Waals surface area contributed by atoms with Crippen molar-refractivity contribution < 1.29 is 22.4 Å². The van der Waals surface area contributed by atoms with Crippen molar-refractivity contribution in [2.24, 2.45) is 5.73 Å². The molecular weight excluding hydrogens is 216 g/mol. The molecule has 0 fully saturated rings. The fraction of sp³-hybridized carbons (Fsp3) is 0.125. The van der Waals surface area contributed by atoms with E-state index < -0.39 is 28.7 Å². The molecule has 82 valence electrons. The van der Waals surface area contributed by atoms with E-state index in [1.807, 2.05) is 0 Å². The summed E-state index contributed by atoms with van der Waals surface area (Å²) < 4.78 is 49.9. The highest BCUT2D eigenvalue weighted by Gasteiger charge is 2.42. The summed E-state index contributed by atoms with van der Waals surface area (Å²) in [7, 11) is 0. The number of nitrogens with zero attached hydrogens (tertiary/aromatic N) is 1. The summed E-state index contributed by atoms with van der Waals surface area (Å²) in [6, 6.07) is 2.20. The maximum atomic E-state index is 13.0. The summed E-state index contributed by atoms with van der Waals surface area (Å²) in [6.45, 7) is 0. The van der Waals surface area contributed by atoms with E-state index in [2.05, 4.69) is 5.73 Å². The number of rotatable bonds is 1. The largest absolute Gasteiger partial charge is 0.493 e. The van der Waals surface area contributed by atoms with Gasteiger partial charge in [-0.25, -0.2) is 14.1 Å². The van der Waals surface area contributed by atoms with E-state index in [0.29, 0.717) is 0 Å². The Bertz CT molecular complexity index is 377. The Morgan fingerprint density at radius 1 is 1.27 bits per heavy atom. The predicted molar refractivity (Wildman–Crippen MR) is 44.5 cm³/mol. The molecule has 2 amide bonds. The van der Waals surface area contributed by atoms with E-state index in [4.69, 9.17) is 0 Å². The molecule has 0 saturated heterocycles. The van der Waals surface area contributed by atoms with Gasteiger partial charge in [-0.3, -0.25) is 0 Å². The minimum Gasteiger partial charge on any atom is -0.351 e. The van der Waals surface area contributed by atoms with Crippen LogP contribution in [-0.4, -0.2) is 12.3 Å². The Balaban J connectivity index is 3.23. The third kappa shape index (κ3) is 2.36. The molecule has 1 aromatic carbocycles. The topological polar surface area (TPSA) is 46.3 Å². The lowest BCUT2D eigenvalue weighted by Gasteiger charge is -2.22. The standard InChI is InChI=1S/C8H6F4N2O/c9-5-3-1-2-4-6(5)14(7(13)15)8(10,11)12/h1-4H,(H2,13,15). The molecule has 2 N–H and O–H groups in total. The van der Waals surface area contributed by atoms with Crippen LogP contribution in [0.2, 0.25) is 0 Å². The van der Waals surface area contributed by atoms with Crippen molar-refractivity contribution in [3.8, 4) is 0 Å². The second-order valence-corrected chi connectivity index (χ2v) is 2.59. The van der Waals surface area contributed by atoms with Crippen LogP contribution in [0.4, 0.5) is 28.0 Å². The number of hydrogen-bond acceptors (Lipinski definition) is 1. The van der Waals surface area contributed by atoms with Crippen LogP contribution >= 0.6 is 0 Å². The van der Waals surface area contributed by atoms with Gasteiger partial charge in [-0.15, -0.1) is 13.2 Å². The summed E-state index contributed by atoms with van der Waals surface area (Å²) in [5.74, 6) is -1.17. The van der Waals surface area contributed by atoms with E-state index in [1.54, 1.807) is 0 Å². The van der Waals surface area contributed by atoms with E-state index in [-0.39, 0.29) is 0 Å². The molecule has 1 rings (SSSR count). The highest BCUT2D eigenvalue weighted by molar-refractivity contribution is 5.91. The van der Waals surface area contributed by atoms with Gasteiger partial charge in [0.1, 0.15) is 5.82 Å². The second-order valence-electron chi connectivity index (χ2n) is 2.59. The first-order valence-corrected chi connectivity index (χ1v) is 3.75. The van der Waals surface area contributed by atoms with Gasteiger partial charge in [-0.05, 0) is 12.1 Å². The Hall–Kier alpha value is -1.79. The number of anilines is 1. The van der Waals surface area contributed by atoms with Gasteiger partial charge in [0.05, 0.1) is 5.69 Å². The van der Waals surface area contributed by atoms with Crippen molar-refractivity contribution in [1.29, 1.82) is 0 Å². The number of nitrogens with two attached hydrogens (primary N) is 1. The number of carbonyl (C=O) groups is 1. The molecule has 3 nitrogen and oxygen atoms in total. The molecule has 0 atom stereocenters. The summed E-state index contributed by atoms with van der Waals surface area (Å²) >= 11 is 0. The molecule has 0 bridgehead atoms. The molecule has 0 aromatic heterocycles. The van der Waals surface area contributed by atoms with Gasteiger partial charge in [-0.2, -0.15) is 0 Å².